The van der Waals surface area contributed by atoms with Crippen LogP contribution >= 0.6 is 11.6 Å². The summed E-state index contributed by atoms with van der Waals surface area (Å²) >= 11 is 6.77. The van der Waals surface area contributed by atoms with Crippen LogP contribution in [0.1, 0.15) is 24.2 Å². The van der Waals surface area contributed by atoms with E-state index in [1.54, 1.807) is 26.6 Å². The van der Waals surface area contributed by atoms with E-state index in [1.165, 1.54) is 24.3 Å². The minimum Gasteiger partial charge on any atom is -0.507 e. The monoisotopic (exact) mass is 557 g/mol. The lowest BCUT2D eigenvalue weighted by Crippen LogP contribution is -2.61. The molecule has 1 aromatic carbocycles. The van der Waals surface area contributed by atoms with Crippen LogP contribution in [0.15, 0.2) is 30.9 Å². The minimum atomic E-state index is -0.764. The van der Waals surface area contributed by atoms with E-state index in [0.717, 1.165) is 0 Å². The molecule has 0 unspecified atom stereocenters. The third kappa shape index (κ3) is 4.44. The number of piperazine rings is 2. The van der Waals surface area contributed by atoms with Gasteiger partial charge in [-0.2, -0.15) is 0 Å². The second-order valence-corrected chi connectivity index (χ2v) is 10.9. The average molecular weight is 558 g/mol. The maximum Gasteiger partial charge on any atom is 0.261 e. The Labute approximate surface area is 230 Å². The van der Waals surface area contributed by atoms with Crippen molar-refractivity contribution < 1.29 is 28.6 Å². The predicted octanol–water partition coefficient (Wildman–Crippen LogP) is 2.54. The van der Waals surface area contributed by atoms with Crippen LogP contribution in [-0.2, 0) is 9.59 Å². The number of hydrogen-bond donors (Lipinski definition) is 1. The summed E-state index contributed by atoms with van der Waals surface area (Å²) in [5.74, 6) is -1.92. The van der Waals surface area contributed by atoms with Gasteiger partial charge in [0, 0.05) is 33.2 Å². The van der Waals surface area contributed by atoms with Crippen molar-refractivity contribution in [3.05, 3.63) is 47.3 Å². The number of hydrogen-bond acceptors (Lipinski definition) is 7. The van der Waals surface area contributed by atoms with Crippen LogP contribution < -0.4 is 9.64 Å². The number of likely N-dealkylation sites (N-methyl/N-ethyl adjacent to an activating group) is 1. The van der Waals surface area contributed by atoms with E-state index in [1.807, 2.05) is 13.8 Å². The molecule has 0 bridgehead atoms. The number of anilines is 1. The average Bonchev–Trinajstić information content (AvgIpc) is 3.03. The normalized spacial score (nSPS) is 20.7. The van der Waals surface area contributed by atoms with E-state index in [4.69, 9.17) is 16.3 Å². The summed E-state index contributed by atoms with van der Waals surface area (Å²) in [6, 6.07) is 3.34. The molecule has 10 nitrogen and oxygen atoms in total. The smallest absolute Gasteiger partial charge is 0.261 e. The van der Waals surface area contributed by atoms with E-state index in [-0.39, 0.29) is 77.2 Å². The molecule has 3 amide bonds. The highest BCUT2D eigenvalue weighted by Gasteiger charge is 2.44. The lowest BCUT2D eigenvalue weighted by atomic mass is 9.97. The number of fused-ring (bicyclic) bond motifs is 2. The lowest BCUT2D eigenvalue weighted by Gasteiger charge is -2.47. The minimum absolute atomic E-state index is 0.0105. The van der Waals surface area contributed by atoms with Crippen molar-refractivity contribution in [1.29, 1.82) is 0 Å². The van der Waals surface area contributed by atoms with Crippen LogP contribution in [0.25, 0.3) is 11.3 Å². The molecule has 0 saturated carbocycles. The largest absolute Gasteiger partial charge is 0.507 e. The van der Waals surface area contributed by atoms with Crippen molar-refractivity contribution >= 4 is 35.1 Å². The summed E-state index contributed by atoms with van der Waals surface area (Å²) in [5, 5.41) is 10.4. The van der Waals surface area contributed by atoms with Crippen molar-refractivity contribution in [2.45, 2.75) is 25.4 Å². The Balaban J connectivity index is 1.71. The highest BCUT2D eigenvalue weighted by Crippen LogP contribution is 2.47. The third-order valence-electron chi connectivity index (χ3n) is 7.50. The van der Waals surface area contributed by atoms with Gasteiger partial charge in [-0.25, -0.2) is 9.37 Å². The van der Waals surface area contributed by atoms with E-state index in [9.17, 15) is 19.5 Å². The number of halogens is 2. The Morgan fingerprint density at radius 2 is 2.03 bits per heavy atom. The zero-order valence-electron chi connectivity index (χ0n) is 21.9. The molecule has 1 atom stereocenters. The fourth-order valence-electron chi connectivity index (χ4n) is 5.47. The van der Waals surface area contributed by atoms with Crippen LogP contribution in [0.2, 0.25) is 5.02 Å². The fourth-order valence-corrected chi connectivity index (χ4v) is 5.76. The van der Waals surface area contributed by atoms with Gasteiger partial charge in [-0.1, -0.05) is 24.2 Å². The maximum absolute atomic E-state index is 15.0. The molecule has 5 rings (SSSR count). The molecule has 0 spiro atoms. The van der Waals surface area contributed by atoms with Crippen LogP contribution in [0, 0.1) is 5.82 Å². The number of phenolic OH excluding ortho intramolecular Hbond substituents is 1. The number of ether oxygens (including phenoxy) is 1. The van der Waals surface area contributed by atoms with Crippen LogP contribution in [0.4, 0.5) is 10.2 Å². The van der Waals surface area contributed by atoms with Crippen molar-refractivity contribution in [3.8, 4) is 22.8 Å². The van der Waals surface area contributed by atoms with Gasteiger partial charge in [0.15, 0.2) is 5.75 Å². The topological polar surface area (TPSA) is 107 Å². The molecule has 2 saturated heterocycles. The number of carbonyl (C=O) groups excluding carboxylic acids is 3. The van der Waals surface area contributed by atoms with Gasteiger partial charge in [-0.05, 0) is 32.1 Å². The van der Waals surface area contributed by atoms with Gasteiger partial charge < -0.3 is 29.4 Å². The maximum atomic E-state index is 15.0. The van der Waals surface area contributed by atoms with Gasteiger partial charge in [0.05, 0.1) is 23.7 Å². The number of phenols is 1. The van der Waals surface area contributed by atoms with Gasteiger partial charge in [-0.15, -0.1) is 0 Å². The first-order valence-electron chi connectivity index (χ1n) is 12.5. The second kappa shape index (κ2) is 9.71. The lowest BCUT2D eigenvalue weighted by molar-refractivity contribution is -0.131. The number of benzene rings is 1. The Kier molecular flexibility index (Phi) is 6.66. The summed E-state index contributed by atoms with van der Waals surface area (Å²) in [6.07, 6.45) is 1.22. The summed E-state index contributed by atoms with van der Waals surface area (Å²) in [5.41, 5.74) is -0.978. The quantitative estimate of drug-likeness (QED) is 0.578. The number of carbonyl (C=O) groups is 3. The SMILES string of the molecule is C=CC(=O)N1CCN2C(=O)c3c(N4CC(=O)N(C)CC4(C)C)nc(-c4c(O)cccc4F)c(Cl)c3OC[C@H]2C1. The first kappa shape index (κ1) is 26.7. The van der Waals surface area contributed by atoms with E-state index < -0.39 is 23.3 Å². The number of amides is 3. The van der Waals surface area contributed by atoms with E-state index >= 15 is 4.39 Å². The summed E-state index contributed by atoms with van der Waals surface area (Å²) in [4.78, 5) is 50.4. The van der Waals surface area contributed by atoms with Crippen molar-refractivity contribution in [1.82, 2.24) is 19.7 Å². The molecule has 1 N–H and O–H groups in total. The molecule has 3 aliphatic heterocycles. The van der Waals surface area contributed by atoms with E-state index in [0.29, 0.717) is 13.1 Å². The van der Waals surface area contributed by atoms with Gasteiger partial charge in [-0.3, -0.25) is 14.4 Å². The van der Waals surface area contributed by atoms with Crippen LogP contribution in [0.5, 0.6) is 11.5 Å². The zero-order valence-corrected chi connectivity index (χ0v) is 22.7. The highest BCUT2D eigenvalue weighted by atomic mass is 35.5. The van der Waals surface area contributed by atoms with Crippen molar-refractivity contribution in [3.63, 3.8) is 0 Å². The van der Waals surface area contributed by atoms with Gasteiger partial charge in [0.2, 0.25) is 11.8 Å². The molecule has 0 radical (unpaired) electrons. The van der Waals surface area contributed by atoms with Gasteiger partial charge >= 0.3 is 0 Å². The molecule has 3 aliphatic rings. The molecule has 39 heavy (non-hydrogen) atoms. The number of nitrogens with zero attached hydrogens (tertiary/aromatic N) is 5. The van der Waals surface area contributed by atoms with Crippen molar-refractivity contribution in [2.24, 2.45) is 0 Å². The summed E-state index contributed by atoms with van der Waals surface area (Å²) in [7, 11) is 1.70. The number of aromatic nitrogens is 1. The van der Waals surface area contributed by atoms with Crippen molar-refractivity contribution in [2.75, 3.05) is 51.3 Å². The Bertz CT molecular complexity index is 1380. The molecule has 2 fully saturated rings. The first-order chi connectivity index (χ1) is 18.4. The Hall–Kier alpha value is -3.86. The van der Waals surface area contributed by atoms with Gasteiger partial charge in [0.1, 0.15) is 40.3 Å². The second-order valence-electron chi connectivity index (χ2n) is 10.5. The Morgan fingerprint density at radius 1 is 1.28 bits per heavy atom. The molecule has 2 aromatic rings. The summed E-state index contributed by atoms with van der Waals surface area (Å²) in [6.45, 7) is 8.38. The molecule has 0 aliphatic carbocycles. The highest BCUT2D eigenvalue weighted by molar-refractivity contribution is 6.35. The van der Waals surface area contributed by atoms with Crippen LogP contribution in [-0.4, -0.2) is 100 Å². The van der Waals surface area contributed by atoms with Crippen LogP contribution in [0.3, 0.4) is 0 Å². The van der Waals surface area contributed by atoms with E-state index in [2.05, 4.69) is 11.6 Å². The number of pyridine rings is 1. The molecule has 12 heteroatoms. The predicted molar refractivity (Wildman–Crippen MR) is 142 cm³/mol. The molecule has 4 heterocycles. The molecule has 206 valence electrons. The summed E-state index contributed by atoms with van der Waals surface area (Å²) < 4.78 is 21.2. The Morgan fingerprint density at radius 3 is 2.72 bits per heavy atom. The first-order valence-corrected chi connectivity index (χ1v) is 12.9. The molecular weight excluding hydrogens is 529 g/mol. The number of aromatic hydroxyl groups is 1. The number of rotatable bonds is 3. The third-order valence-corrected chi connectivity index (χ3v) is 7.85. The molecular formula is C27H29ClFN5O5. The fraction of sp³-hybridized carbons (Fsp3) is 0.407. The standard InChI is InChI=1S/C27H29ClFN5O5/c1-5-18(36)32-9-10-33-15(11-32)13-39-24-21(26(33)38)25(34-12-19(37)31(4)14-27(34,2)3)30-23(22(24)28)20-16(29)7-6-8-17(20)35/h5-8,15,35H,1,9-14H2,2-4H3/t15-/m1/s1. The molecule has 1 aromatic heterocycles. The zero-order chi connectivity index (χ0) is 28.2. The van der Waals surface area contributed by atoms with Gasteiger partial charge in [0.25, 0.3) is 5.91 Å².